The molecular weight excluding hydrogens is 242 g/mol. The Morgan fingerprint density at radius 1 is 1.32 bits per heavy atom. The number of benzene rings is 1. The molecule has 5 heteroatoms. The van der Waals surface area contributed by atoms with Gasteiger partial charge in [-0.05, 0) is 13.0 Å². The Kier molecular flexibility index (Phi) is 3.50. The van der Waals surface area contributed by atoms with Gasteiger partial charge in [0.15, 0.2) is 0 Å². The van der Waals surface area contributed by atoms with Crippen molar-refractivity contribution >= 4 is 5.70 Å². The van der Waals surface area contributed by atoms with Crippen molar-refractivity contribution in [2.24, 2.45) is 4.99 Å². The third-order valence-corrected chi connectivity index (χ3v) is 3.71. The van der Waals surface area contributed by atoms with Gasteiger partial charge < -0.3 is 15.0 Å². The first-order valence-electron chi connectivity index (χ1n) is 6.66. The predicted molar refractivity (Wildman–Crippen MR) is 72.6 cm³/mol. The largest absolute Gasteiger partial charge is 0.757 e. The summed E-state index contributed by atoms with van der Waals surface area (Å²) in [6.45, 7) is 5.77. The van der Waals surface area contributed by atoms with Crippen LogP contribution in [0.1, 0.15) is 6.92 Å². The molecule has 1 unspecified atom stereocenters. The minimum absolute atomic E-state index is 0.340. The minimum atomic E-state index is -0.340. The fourth-order valence-electron chi connectivity index (χ4n) is 2.58. The first kappa shape index (κ1) is 12.6. The second-order valence-corrected chi connectivity index (χ2v) is 4.95. The lowest BCUT2D eigenvalue weighted by Gasteiger charge is -2.42. The third-order valence-electron chi connectivity index (χ3n) is 3.71. The van der Waals surface area contributed by atoms with E-state index in [-0.39, 0.29) is 6.17 Å². The van der Waals surface area contributed by atoms with Gasteiger partial charge in [0.05, 0.1) is 18.6 Å². The fourth-order valence-corrected chi connectivity index (χ4v) is 2.58. The number of para-hydroxylation sites is 1. The highest BCUT2D eigenvalue weighted by atomic mass is 16.5. The van der Waals surface area contributed by atoms with E-state index in [1.807, 2.05) is 31.2 Å². The summed E-state index contributed by atoms with van der Waals surface area (Å²) in [5, 5.41) is 15.2. The Morgan fingerprint density at radius 2 is 2.05 bits per heavy atom. The molecule has 5 nitrogen and oxygen atoms in total. The van der Waals surface area contributed by atoms with Crippen molar-refractivity contribution in [3.63, 3.8) is 0 Å². The number of hydrogen-bond donors (Lipinski definition) is 0. The van der Waals surface area contributed by atoms with Crippen LogP contribution in [0.5, 0.6) is 0 Å². The van der Waals surface area contributed by atoms with Crippen molar-refractivity contribution in [2.75, 3.05) is 32.8 Å². The zero-order chi connectivity index (χ0) is 13.2. The van der Waals surface area contributed by atoms with E-state index in [1.165, 1.54) is 0 Å². The molecule has 2 heterocycles. The maximum absolute atomic E-state index is 12.3. The van der Waals surface area contributed by atoms with Crippen LogP contribution in [-0.2, 0) is 4.74 Å². The molecule has 1 saturated heterocycles. The van der Waals surface area contributed by atoms with E-state index in [4.69, 9.17) is 4.74 Å². The first-order chi connectivity index (χ1) is 9.25. The van der Waals surface area contributed by atoms with Crippen LogP contribution >= 0.6 is 0 Å². The molecule has 0 amide bonds. The average Bonchev–Trinajstić information content (AvgIpc) is 2.46. The predicted octanol–water partition coefficient (Wildman–Crippen LogP) is -0.0940. The summed E-state index contributed by atoms with van der Waals surface area (Å²) in [6, 6.07) is 7.82. The highest BCUT2D eigenvalue weighted by molar-refractivity contribution is 5.42. The molecule has 0 aromatic heterocycles. The Labute approximate surface area is 112 Å². The topological polar surface area (TPSA) is 51.1 Å². The molecule has 0 saturated carbocycles. The van der Waals surface area contributed by atoms with Crippen molar-refractivity contribution < 1.29 is 4.74 Å². The van der Waals surface area contributed by atoms with Crippen LogP contribution in [0, 0.1) is 5.21 Å². The Balaban J connectivity index is 1.86. The summed E-state index contributed by atoms with van der Waals surface area (Å²) in [4.78, 5) is 6.82. The van der Waals surface area contributed by atoms with Crippen molar-refractivity contribution in [1.29, 1.82) is 0 Å². The molecule has 1 atom stereocenters. The molecule has 2 aliphatic rings. The molecule has 1 aromatic carbocycles. The highest BCUT2D eigenvalue weighted by Gasteiger charge is 2.19. The van der Waals surface area contributed by atoms with Gasteiger partial charge in [-0.2, -0.15) is 0 Å². The van der Waals surface area contributed by atoms with Gasteiger partial charge in [-0.15, -0.1) is 0 Å². The van der Waals surface area contributed by atoms with E-state index in [9.17, 15) is 5.21 Å². The molecule has 19 heavy (non-hydrogen) atoms. The van der Waals surface area contributed by atoms with Gasteiger partial charge in [0.1, 0.15) is 6.17 Å². The average molecular weight is 260 g/mol. The zero-order valence-electron chi connectivity index (χ0n) is 11.1. The van der Waals surface area contributed by atoms with Gasteiger partial charge in [0, 0.05) is 30.5 Å². The number of hydrogen-bond acceptors (Lipinski definition) is 5. The Morgan fingerprint density at radius 3 is 2.84 bits per heavy atom. The van der Waals surface area contributed by atoms with Gasteiger partial charge in [-0.3, -0.25) is 9.89 Å². The van der Waals surface area contributed by atoms with Crippen molar-refractivity contribution in [2.45, 2.75) is 13.1 Å². The molecule has 0 aliphatic carbocycles. The summed E-state index contributed by atoms with van der Waals surface area (Å²) in [6.07, 6.45) is -0.340. The number of nitrogens with zero attached hydrogens (tertiary/aromatic N) is 3. The van der Waals surface area contributed by atoms with Gasteiger partial charge in [-0.1, -0.05) is 18.2 Å². The second kappa shape index (κ2) is 5.28. The molecule has 0 bridgehead atoms. The molecule has 0 radical (unpaired) electrons. The summed E-state index contributed by atoms with van der Waals surface area (Å²) in [7, 11) is 0. The van der Waals surface area contributed by atoms with Crippen LogP contribution in [-0.4, -0.2) is 49.0 Å². The SMILES string of the molecule is CC1=c2ccccc2=NC(CN2CCOCC2)N1[O-]. The van der Waals surface area contributed by atoms with Crippen LogP contribution in [0.3, 0.4) is 0 Å². The number of fused-ring (bicyclic) bond motifs is 1. The Bertz CT molecular complexity index is 566. The van der Waals surface area contributed by atoms with Crippen molar-refractivity contribution in [1.82, 2.24) is 9.96 Å². The normalized spacial score (nSPS) is 24.0. The van der Waals surface area contributed by atoms with Gasteiger partial charge in [-0.25, -0.2) is 0 Å². The quantitative estimate of drug-likeness (QED) is 0.745. The second-order valence-electron chi connectivity index (χ2n) is 4.95. The molecule has 102 valence electrons. The smallest absolute Gasteiger partial charge is 0.124 e. The van der Waals surface area contributed by atoms with Crippen LogP contribution in [0.25, 0.3) is 5.70 Å². The van der Waals surface area contributed by atoms with Crippen LogP contribution < -0.4 is 10.6 Å². The molecule has 1 aromatic rings. The lowest BCUT2D eigenvalue weighted by molar-refractivity contribution is 0.0300. The van der Waals surface area contributed by atoms with Gasteiger partial charge in [0.25, 0.3) is 0 Å². The molecule has 2 aliphatic heterocycles. The summed E-state index contributed by atoms with van der Waals surface area (Å²) >= 11 is 0. The van der Waals surface area contributed by atoms with E-state index < -0.39 is 0 Å². The summed E-state index contributed by atoms with van der Waals surface area (Å²) in [5.41, 5.74) is 0.754. The number of hydroxylamine groups is 2. The molecule has 3 rings (SSSR count). The van der Waals surface area contributed by atoms with Crippen molar-refractivity contribution in [3.8, 4) is 0 Å². The third kappa shape index (κ3) is 2.49. The number of ether oxygens (including phenoxy) is 1. The van der Waals surface area contributed by atoms with Gasteiger partial charge in [0.2, 0.25) is 0 Å². The maximum atomic E-state index is 12.3. The molecule has 0 N–H and O–H groups in total. The zero-order valence-corrected chi connectivity index (χ0v) is 11.1. The van der Waals surface area contributed by atoms with Crippen molar-refractivity contribution in [3.05, 3.63) is 40.0 Å². The molecule has 1 fully saturated rings. The standard InChI is InChI=1S/C14H18N3O2/c1-11-12-4-2-3-5-13(12)15-14(17(11)18)10-16-6-8-19-9-7-16/h2-5,14H,6-10H2,1H3/q-1. The Hall–Kier alpha value is -1.43. The molecular formula is C14H18N3O2-. The first-order valence-corrected chi connectivity index (χ1v) is 6.66. The van der Waals surface area contributed by atoms with E-state index >= 15 is 0 Å². The highest BCUT2D eigenvalue weighted by Crippen LogP contribution is 2.12. The van der Waals surface area contributed by atoms with E-state index in [2.05, 4.69) is 9.89 Å². The maximum Gasteiger partial charge on any atom is 0.124 e. The minimum Gasteiger partial charge on any atom is -0.757 e. The van der Waals surface area contributed by atoms with E-state index in [0.29, 0.717) is 6.54 Å². The van der Waals surface area contributed by atoms with Crippen LogP contribution in [0.4, 0.5) is 0 Å². The molecule has 0 spiro atoms. The van der Waals surface area contributed by atoms with Gasteiger partial charge >= 0.3 is 0 Å². The lowest BCUT2D eigenvalue weighted by Crippen LogP contribution is -2.49. The monoisotopic (exact) mass is 260 g/mol. The van der Waals surface area contributed by atoms with E-state index in [1.54, 1.807) is 0 Å². The summed E-state index contributed by atoms with van der Waals surface area (Å²) < 4.78 is 5.32. The van der Waals surface area contributed by atoms with Crippen LogP contribution in [0.15, 0.2) is 29.3 Å². The van der Waals surface area contributed by atoms with Crippen LogP contribution in [0.2, 0.25) is 0 Å². The lowest BCUT2D eigenvalue weighted by atomic mass is 10.2. The number of morpholine rings is 1. The number of rotatable bonds is 2. The summed E-state index contributed by atoms with van der Waals surface area (Å²) in [5.74, 6) is 0. The fraction of sp³-hybridized carbons (Fsp3) is 0.500. The van der Waals surface area contributed by atoms with E-state index in [0.717, 1.165) is 47.6 Å².